The number of pyridine rings is 1. The van der Waals surface area contributed by atoms with Gasteiger partial charge in [0.2, 0.25) is 5.71 Å². The molecule has 10 aromatic rings. The Balaban J connectivity index is 1.20. The lowest BCUT2D eigenvalue weighted by molar-refractivity contribution is 0.658. The van der Waals surface area contributed by atoms with E-state index in [-0.39, 0.29) is 0 Å². The molecule has 0 radical (unpaired) electrons. The molecule has 0 spiro atoms. The summed E-state index contributed by atoms with van der Waals surface area (Å²) in [4.78, 5) is 7.44. The van der Waals surface area contributed by atoms with Crippen LogP contribution in [0.5, 0.6) is 0 Å². The summed E-state index contributed by atoms with van der Waals surface area (Å²) in [6, 6.07) is 62.0. The molecule has 0 aliphatic rings. The van der Waals surface area contributed by atoms with Crippen LogP contribution >= 0.6 is 0 Å². The van der Waals surface area contributed by atoms with E-state index in [0.29, 0.717) is 5.71 Å². The molecule has 0 unspecified atom stereocenters. The quantitative estimate of drug-likeness (QED) is 0.190. The molecule has 0 N–H and O–H groups in total. The number of para-hydroxylation sites is 2. The van der Waals surface area contributed by atoms with E-state index in [9.17, 15) is 0 Å². The second-order valence-corrected chi connectivity index (χ2v) is 12.4. The van der Waals surface area contributed by atoms with Crippen molar-refractivity contribution in [3.05, 3.63) is 176 Å². The van der Waals surface area contributed by atoms with E-state index in [1.807, 2.05) is 6.07 Å². The van der Waals surface area contributed by atoms with Gasteiger partial charge < -0.3 is 8.98 Å². The fraction of sp³-hybridized carbons (Fsp3) is 0. The number of fused-ring (bicyclic) bond motifs is 8. The first-order valence-electron chi connectivity index (χ1n) is 16.6. The Bertz CT molecular complexity index is 2820. The molecule has 0 fully saturated rings. The summed E-state index contributed by atoms with van der Waals surface area (Å²) < 4.78 is 8.90. The maximum atomic E-state index is 6.55. The minimum atomic E-state index is 0.620. The summed E-state index contributed by atoms with van der Waals surface area (Å²) in [5.74, 6) is 0.782. The average Bonchev–Trinajstić information content (AvgIpc) is 3.71. The van der Waals surface area contributed by atoms with Crippen molar-refractivity contribution in [1.82, 2.24) is 9.55 Å². The first kappa shape index (κ1) is 27.5. The smallest absolute Gasteiger partial charge is 0.229 e. The molecule has 0 amide bonds. The third kappa shape index (κ3) is 4.42. The van der Waals surface area contributed by atoms with Gasteiger partial charge in [-0.2, -0.15) is 4.98 Å². The van der Waals surface area contributed by atoms with Crippen molar-refractivity contribution in [2.45, 2.75) is 0 Å². The SMILES string of the molecule is c1ccc(-c2ccc(N(c3ccc4c5ccccc5n(-c5ccccc5)c4c3)c3ccc4c(n3)oc3c5ccccc5ccc43)cc2)cc1. The number of furan rings is 1. The molecule has 3 aromatic heterocycles. The zero-order valence-electron chi connectivity index (χ0n) is 26.5. The van der Waals surface area contributed by atoms with Crippen LogP contribution in [-0.2, 0) is 0 Å². The molecule has 49 heavy (non-hydrogen) atoms. The largest absolute Gasteiger partial charge is 0.437 e. The summed E-state index contributed by atoms with van der Waals surface area (Å²) in [7, 11) is 0. The third-order valence-corrected chi connectivity index (χ3v) is 9.61. The highest BCUT2D eigenvalue weighted by molar-refractivity contribution is 6.15. The normalized spacial score (nSPS) is 11.7. The van der Waals surface area contributed by atoms with Crippen molar-refractivity contribution in [3.63, 3.8) is 0 Å². The molecular weight excluding hydrogens is 599 g/mol. The van der Waals surface area contributed by atoms with Crippen LogP contribution in [0.2, 0.25) is 0 Å². The van der Waals surface area contributed by atoms with E-state index in [0.717, 1.165) is 61.1 Å². The summed E-state index contributed by atoms with van der Waals surface area (Å²) >= 11 is 0. The number of rotatable bonds is 5. The van der Waals surface area contributed by atoms with Gasteiger partial charge in [0.05, 0.1) is 11.0 Å². The highest BCUT2D eigenvalue weighted by Gasteiger charge is 2.20. The fourth-order valence-corrected chi connectivity index (χ4v) is 7.30. The highest BCUT2D eigenvalue weighted by atomic mass is 16.3. The number of nitrogens with zero attached hydrogens (tertiary/aromatic N) is 3. The summed E-state index contributed by atoms with van der Waals surface area (Å²) in [6.45, 7) is 0. The monoisotopic (exact) mass is 627 g/mol. The molecule has 230 valence electrons. The summed E-state index contributed by atoms with van der Waals surface area (Å²) in [6.07, 6.45) is 0. The zero-order valence-corrected chi connectivity index (χ0v) is 26.5. The van der Waals surface area contributed by atoms with Gasteiger partial charge in [-0.1, -0.05) is 115 Å². The van der Waals surface area contributed by atoms with Crippen LogP contribution < -0.4 is 4.90 Å². The van der Waals surface area contributed by atoms with Crippen LogP contribution in [0.1, 0.15) is 0 Å². The average molecular weight is 628 g/mol. The fourth-order valence-electron chi connectivity index (χ4n) is 7.30. The van der Waals surface area contributed by atoms with E-state index in [1.165, 1.54) is 21.9 Å². The highest BCUT2D eigenvalue weighted by Crippen LogP contribution is 2.41. The van der Waals surface area contributed by atoms with Crippen molar-refractivity contribution < 1.29 is 4.42 Å². The molecule has 7 aromatic carbocycles. The lowest BCUT2D eigenvalue weighted by atomic mass is 10.0. The minimum Gasteiger partial charge on any atom is -0.437 e. The first-order chi connectivity index (χ1) is 24.3. The summed E-state index contributed by atoms with van der Waals surface area (Å²) in [5.41, 5.74) is 9.28. The maximum Gasteiger partial charge on any atom is 0.229 e. The van der Waals surface area contributed by atoms with Crippen molar-refractivity contribution in [2.24, 2.45) is 0 Å². The molecule has 4 nitrogen and oxygen atoms in total. The van der Waals surface area contributed by atoms with Crippen LogP contribution in [0, 0.1) is 0 Å². The molecular formula is C45H29N3O. The lowest BCUT2D eigenvalue weighted by Gasteiger charge is -2.25. The molecule has 0 bridgehead atoms. The number of aromatic nitrogens is 2. The Kier molecular flexibility index (Phi) is 6.15. The predicted octanol–water partition coefficient (Wildman–Crippen LogP) is 12.4. The van der Waals surface area contributed by atoms with Gasteiger partial charge >= 0.3 is 0 Å². The van der Waals surface area contributed by atoms with Crippen LogP contribution in [0.15, 0.2) is 180 Å². The standard InChI is InChI=1S/C45H29N3O/c1-3-11-30(12-4-1)31-19-22-34(23-20-31)47(43-28-27-40-39-25-21-32-13-7-8-16-36(32)44(39)49-45(40)46-43)35-24-26-38-37-17-9-10-18-41(37)48(42(38)29-35)33-14-5-2-6-15-33/h1-29H. The molecule has 0 aliphatic carbocycles. The van der Waals surface area contributed by atoms with Gasteiger partial charge in [0.1, 0.15) is 11.4 Å². The number of hydrogen-bond donors (Lipinski definition) is 0. The number of hydrogen-bond acceptors (Lipinski definition) is 3. The second-order valence-electron chi connectivity index (χ2n) is 12.4. The van der Waals surface area contributed by atoms with Crippen molar-refractivity contribution in [3.8, 4) is 16.8 Å². The van der Waals surface area contributed by atoms with Gasteiger partial charge in [-0.3, -0.25) is 4.90 Å². The Hall–Kier alpha value is -6.65. The second kappa shape index (κ2) is 11.0. The van der Waals surface area contributed by atoms with E-state index in [2.05, 4.69) is 179 Å². The number of anilines is 3. The molecule has 0 aliphatic heterocycles. The molecule has 3 heterocycles. The third-order valence-electron chi connectivity index (χ3n) is 9.61. The molecule has 0 saturated carbocycles. The molecule has 0 saturated heterocycles. The van der Waals surface area contributed by atoms with Crippen LogP contribution in [-0.4, -0.2) is 9.55 Å². The van der Waals surface area contributed by atoms with E-state index < -0.39 is 0 Å². The van der Waals surface area contributed by atoms with Crippen LogP contribution in [0.3, 0.4) is 0 Å². The predicted molar refractivity (Wildman–Crippen MR) is 203 cm³/mol. The van der Waals surface area contributed by atoms with Crippen LogP contribution in [0.4, 0.5) is 17.2 Å². The van der Waals surface area contributed by atoms with Gasteiger partial charge in [0, 0.05) is 44.0 Å². The minimum absolute atomic E-state index is 0.620. The number of benzene rings is 7. The molecule has 0 atom stereocenters. The Labute approximate surface area is 282 Å². The van der Waals surface area contributed by atoms with Gasteiger partial charge in [-0.15, -0.1) is 0 Å². The van der Waals surface area contributed by atoms with E-state index >= 15 is 0 Å². The van der Waals surface area contributed by atoms with Crippen molar-refractivity contribution in [2.75, 3.05) is 4.90 Å². The van der Waals surface area contributed by atoms with Gasteiger partial charge in [0.25, 0.3) is 0 Å². The van der Waals surface area contributed by atoms with Gasteiger partial charge in [-0.25, -0.2) is 0 Å². The van der Waals surface area contributed by atoms with Gasteiger partial charge in [-0.05, 0) is 77.2 Å². The lowest BCUT2D eigenvalue weighted by Crippen LogP contribution is -2.11. The molecule has 4 heteroatoms. The van der Waals surface area contributed by atoms with Gasteiger partial charge in [0.15, 0.2) is 0 Å². The van der Waals surface area contributed by atoms with E-state index in [1.54, 1.807) is 0 Å². The molecule has 10 rings (SSSR count). The van der Waals surface area contributed by atoms with E-state index in [4.69, 9.17) is 9.40 Å². The zero-order chi connectivity index (χ0) is 32.3. The Morgan fingerprint density at radius 3 is 1.92 bits per heavy atom. The summed E-state index contributed by atoms with van der Waals surface area (Å²) in [5, 5.41) is 6.74. The van der Waals surface area contributed by atoms with Crippen molar-refractivity contribution in [1.29, 1.82) is 0 Å². The Morgan fingerprint density at radius 1 is 0.449 bits per heavy atom. The first-order valence-corrected chi connectivity index (χ1v) is 16.6. The topological polar surface area (TPSA) is 34.2 Å². The van der Waals surface area contributed by atoms with Crippen molar-refractivity contribution >= 4 is 71.8 Å². The maximum absolute atomic E-state index is 6.55. The Morgan fingerprint density at radius 2 is 1.08 bits per heavy atom. The van der Waals surface area contributed by atoms with Crippen LogP contribution in [0.25, 0.3) is 71.5 Å².